The van der Waals surface area contributed by atoms with Crippen LogP contribution in [0.25, 0.3) is 0 Å². The van der Waals surface area contributed by atoms with Crippen molar-refractivity contribution in [2.45, 2.75) is 222 Å². The second-order valence-electron chi connectivity index (χ2n) is 30.7. The molecule has 458 valence electrons. The van der Waals surface area contributed by atoms with Gasteiger partial charge in [-0.05, 0) is 73.2 Å². The number of hydrogen-bond donors (Lipinski definition) is 7. The van der Waals surface area contributed by atoms with Gasteiger partial charge in [-0.15, -0.1) is 0 Å². The van der Waals surface area contributed by atoms with Gasteiger partial charge in [0.25, 0.3) is 0 Å². The van der Waals surface area contributed by atoms with E-state index in [-0.39, 0.29) is 81.0 Å². The van der Waals surface area contributed by atoms with Gasteiger partial charge in [0.1, 0.15) is 0 Å². The fourth-order valence-corrected chi connectivity index (χ4v) is 8.84. The number of carbonyl (C=O) groups excluding carboxylic acids is 5. The van der Waals surface area contributed by atoms with Gasteiger partial charge in [-0.1, -0.05) is 164 Å². The topological polar surface area (TPSA) is 220 Å². The zero-order chi connectivity index (χ0) is 60.7. The molecule has 0 bridgehead atoms. The second kappa shape index (κ2) is 32.5. The van der Waals surface area contributed by atoms with Crippen molar-refractivity contribution in [3.8, 4) is 0 Å². The minimum Gasteiger partial charge on any atom is -0.380 e. The Morgan fingerprint density at radius 1 is 0.526 bits per heavy atom. The molecular formula is C62H121N7O9. The smallest absolute Gasteiger partial charge is 0.237 e. The molecule has 2 atom stereocenters. The quantitative estimate of drug-likeness (QED) is 0.0225. The highest BCUT2D eigenvalue weighted by Crippen LogP contribution is 2.39. The van der Waals surface area contributed by atoms with Crippen LogP contribution in [0, 0.1) is 54.1 Å². The summed E-state index contributed by atoms with van der Waals surface area (Å²) in [6.07, 6.45) is 10.7. The zero-order valence-electron chi connectivity index (χ0n) is 54.2. The van der Waals surface area contributed by atoms with Gasteiger partial charge in [-0.25, -0.2) is 5.90 Å². The molecule has 0 aromatic carbocycles. The number of allylic oxidation sites excluding steroid dienone is 2. The van der Waals surface area contributed by atoms with Crippen molar-refractivity contribution in [1.29, 1.82) is 0 Å². The SMILES string of the molecule is CCC(C)(C)CCC(C)(C)/C=C\CC(C)(C)CC(C)(C)C(=O)NCC(C)OCC(C)(C)CNC(=O)CC(C)(C)COCC(C)(C)CNC(=O)CC[C@H](NC)C(=O)NCC(C)(C)COCC(C)(C)CC(=O)NCC(C)(C)CON. The number of hydrogen-bond acceptors (Lipinski definition) is 11. The summed E-state index contributed by atoms with van der Waals surface area (Å²) in [5.41, 5.74) is -2.28. The molecular weight excluding hydrogens is 987 g/mol. The van der Waals surface area contributed by atoms with Crippen molar-refractivity contribution in [2.24, 2.45) is 60.0 Å². The number of ether oxygens (including phenoxy) is 3. The van der Waals surface area contributed by atoms with Crippen LogP contribution < -0.4 is 37.8 Å². The fraction of sp³-hybridized carbons (Fsp3) is 0.887. The van der Waals surface area contributed by atoms with Crippen LogP contribution in [-0.2, 0) is 43.0 Å². The lowest BCUT2D eigenvalue weighted by Crippen LogP contribution is -2.47. The third kappa shape index (κ3) is 35.6. The predicted molar refractivity (Wildman–Crippen MR) is 319 cm³/mol. The van der Waals surface area contributed by atoms with E-state index in [1.807, 2.05) is 90.0 Å². The lowest BCUT2D eigenvalue weighted by atomic mass is 9.72. The standard InChI is InChI=1S/C62H121N7O9/c1-24-53(3,4)30-31-54(5,6)28-25-29-55(7,8)35-62(21,22)52(74)65-34-46(2)77-44-60(17,18)37-67-49(71)32-56(9,10)40-75-42-58(13,14)36-66-48(70)27-26-47(64-23)51(73)69-39-59(15,16)43-76-41-57(11,12)33-50(72)68-38-61(19,20)45-78-63/h25,28,46-47,64H,24,26-27,29-45,63H2,1-23H3,(H,65,74)(H,66,70)(H,67,71)(H,68,72)(H,69,73)/b28-25-/t46?,47-/m0/s1. The van der Waals surface area contributed by atoms with Crippen molar-refractivity contribution in [2.75, 3.05) is 79.4 Å². The van der Waals surface area contributed by atoms with E-state index in [0.717, 1.165) is 19.3 Å². The normalized spacial score (nSPS) is 14.5. The van der Waals surface area contributed by atoms with Crippen LogP contribution in [0.2, 0.25) is 0 Å². The molecule has 0 saturated carbocycles. The maximum atomic E-state index is 13.4. The summed E-state index contributed by atoms with van der Waals surface area (Å²) < 4.78 is 18.4. The van der Waals surface area contributed by atoms with E-state index in [2.05, 4.69) is 106 Å². The third-order valence-electron chi connectivity index (χ3n) is 14.6. The molecule has 0 radical (unpaired) electrons. The van der Waals surface area contributed by atoms with Crippen molar-refractivity contribution < 1.29 is 43.0 Å². The van der Waals surface area contributed by atoms with Crippen LogP contribution in [-0.4, -0.2) is 121 Å². The van der Waals surface area contributed by atoms with E-state index in [1.54, 1.807) is 7.05 Å². The molecule has 0 fully saturated rings. The number of rotatable bonds is 42. The van der Waals surface area contributed by atoms with E-state index in [0.29, 0.717) is 90.6 Å². The predicted octanol–water partition coefficient (Wildman–Crippen LogP) is 9.83. The molecule has 16 nitrogen and oxygen atoms in total. The maximum absolute atomic E-state index is 13.4. The summed E-state index contributed by atoms with van der Waals surface area (Å²) >= 11 is 0. The van der Waals surface area contributed by atoms with Crippen LogP contribution in [0.5, 0.6) is 0 Å². The molecule has 1 unspecified atom stereocenters. The van der Waals surface area contributed by atoms with Gasteiger partial charge in [0.05, 0.1) is 51.8 Å². The first kappa shape index (κ1) is 74.8. The number of nitrogens with one attached hydrogen (secondary N) is 6. The zero-order valence-corrected chi connectivity index (χ0v) is 54.2. The van der Waals surface area contributed by atoms with Gasteiger partial charge in [-0.2, -0.15) is 0 Å². The number of nitrogens with two attached hydrogens (primary N) is 1. The Hall–Kier alpha value is -3.15. The van der Waals surface area contributed by atoms with Crippen molar-refractivity contribution in [3.05, 3.63) is 12.2 Å². The number of likely N-dealkylation sites (N-methyl/N-ethyl adjacent to an activating group) is 1. The fourth-order valence-electron chi connectivity index (χ4n) is 8.84. The molecule has 0 aromatic rings. The Morgan fingerprint density at radius 3 is 1.42 bits per heavy atom. The van der Waals surface area contributed by atoms with Crippen LogP contribution in [0.3, 0.4) is 0 Å². The molecule has 0 aliphatic rings. The van der Waals surface area contributed by atoms with Gasteiger partial charge in [-0.3, -0.25) is 24.0 Å². The average molecular weight is 1110 g/mol. The van der Waals surface area contributed by atoms with E-state index in [1.165, 1.54) is 12.8 Å². The van der Waals surface area contributed by atoms with Crippen LogP contribution in [0.4, 0.5) is 0 Å². The van der Waals surface area contributed by atoms with Crippen LogP contribution in [0.1, 0.15) is 210 Å². The molecule has 0 aromatic heterocycles. The molecule has 0 rings (SSSR count). The first-order valence-electron chi connectivity index (χ1n) is 29.1. The Bertz CT molecular complexity index is 1850. The van der Waals surface area contributed by atoms with Gasteiger partial charge in [0.15, 0.2) is 0 Å². The summed E-state index contributed by atoms with van der Waals surface area (Å²) in [6.45, 7) is 50.4. The van der Waals surface area contributed by atoms with Crippen molar-refractivity contribution in [3.63, 3.8) is 0 Å². The monoisotopic (exact) mass is 1110 g/mol. The molecule has 0 aliphatic heterocycles. The van der Waals surface area contributed by atoms with Crippen LogP contribution >= 0.6 is 0 Å². The molecule has 0 spiro atoms. The number of amides is 5. The van der Waals surface area contributed by atoms with E-state index in [9.17, 15) is 24.0 Å². The summed E-state index contributed by atoms with van der Waals surface area (Å²) in [5, 5.41) is 18.3. The Kier molecular flexibility index (Phi) is 31.2. The highest BCUT2D eigenvalue weighted by atomic mass is 16.6. The van der Waals surface area contributed by atoms with Gasteiger partial charge in [0.2, 0.25) is 29.5 Å². The average Bonchev–Trinajstić information content (AvgIpc) is 3.28. The molecule has 8 N–H and O–H groups in total. The summed E-state index contributed by atoms with van der Waals surface area (Å²) in [7, 11) is 1.70. The van der Waals surface area contributed by atoms with Gasteiger partial charge >= 0.3 is 0 Å². The minimum atomic E-state index is -0.554. The lowest BCUT2D eigenvalue weighted by Gasteiger charge is -2.34. The largest absolute Gasteiger partial charge is 0.380 e. The highest BCUT2D eigenvalue weighted by Gasteiger charge is 2.35. The Balaban J connectivity index is 4.74. The van der Waals surface area contributed by atoms with Gasteiger partial charge in [0, 0.05) is 79.1 Å². The molecule has 5 amide bonds. The van der Waals surface area contributed by atoms with Gasteiger partial charge < -0.3 is 50.9 Å². The van der Waals surface area contributed by atoms with E-state index >= 15 is 0 Å². The highest BCUT2D eigenvalue weighted by molar-refractivity contribution is 5.83. The van der Waals surface area contributed by atoms with Crippen LogP contribution in [0.15, 0.2) is 12.2 Å². The second-order valence-corrected chi connectivity index (χ2v) is 30.7. The Morgan fingerprint density at radius 2 is 0.962 bits per heavy atom. The summed E-state index contributed by atoms with van der Waals surface area (Å²) in [5.74, 6) is 4.74. The van der Waals surface area contributed by atoms with E-state index < -0.39 is 22.3 Å². The summed E-state index contributed by atoms with van der Waals surface area (Å²) in [4.78, 5) is 70.1. The lowest BCUT2D eigenvalue weighted by molar-refractivity contribution is -0.132. The van der Waals surface area contributed by atoms with Crippen molar-refractivity contribution in [1.82, 2.24) is 31.9 Å². The molecule has 16 heteroatoms. The van der Waals surface area contributed by atoms with Crippen molar-refractivity contribution >= 4 is 29.5 Å². The Labute approximate surface area is 476 Å². The summed E-state index contributed by atoms with van der Waals surface area (Å²) in [6, 6.07) is -0.554. The number of carbonyl (C=O) groups is 5. The molecule has 78 heavy (non-hydrogen) atoms. The molecule has 0 heterocycles. The minimum absolute atomic E-state index is 0.0220. The third-order valence-corrected chi connectivity index (χ3v) is 14.6. The molecule has 0 saturated heterocycles. The first-order chi connectivity index (χ1) is 35.3. The first-order valence-corrected chi connectivity index (χ1v) is 29.1. The van der Waals surface area contributed by atoms with E-state index in [4.69, 9.17) is 24.9 Å². The molecule has 0 aliphatic carbocycles. The maximum Gasteiger partial charge on any atom is 0.237 e.